The molecule has 0 radical (unpaired) electrons. The molecule has 17 heavy (non-hydrogen) atoms. The topological polar surface area (TPSA) is 69.1 Å². The van der Waals surface area contributed by atoms with E-state index in [0.29, 0.717) is 18.7 Å². The summed E-state index contributed by atoms with van der Waals surface area (Å²) in [5, 5.41) is 3.58. The summed E-state index contributed by atoms with van der Waals surface area (Å²) in [5.41, 5.74) is 11.1. The highest BCUT2D eigenvalue weighted by atomic mass is 16.2. The normalized spacial score (nSPS) is 15.1. The maximum Gasteiger partial charge on any atom is 0.253 e. The molecule has 0 aliphatic carbocycles. The van der Waals surface area contributed by atoms with Crippen LogP contribution in [0.25, 0.3) is 10.4 Å². The molecule has 2 rings (SSSR count). The molecule has 0 aromatic heterocycles. The SMILES string of the molecule is Cc1cc(C)cc(C(=O)N2CC(N=[N+]=[N-])C2)c1. The van der Waals surface area contributed by atoms with Gasteiger partial charge in [-0.1, -0.05) is 22.3 Å². The second kappa shape index (κ2) is 4.47. The van der Waals surface area contributed by atoms with E-state index in [1.807, 2.05) is 32.0 Å². The van der Waals surface area contributed by atoms with Gasteiger partial charge in [0.2, 0.25) is 0 Å². The highest BCUT2D eigenvalue weighted by molar-refractivity contribution is 5.95. The smallest absolute Gasteiger partial charge is 0.253 e. The maximum absolute atomic E-state index is 12.1. The number of aryl methyl sites for hydroxylation is 2. The molecule has 1 aromatic rings. The van der Waals surface area contributed by atoms with Gasteiger partial charge in [-0.15, -0.1) is 0 Å². The van der Waals surface area contributed by atoms with E-state index in [1.165, 1.54) is 0 Å². The molecule has 0 atom stereocenters. The van der Waals surface area contributed by atoms with Gasteiger partial charge in [0.15, 0.2) is 0 Å². The summed E-state index contributed by atoms with van der Waals surface area (Å²) in [5.74, 6) is 0.0150. The molecule has 1 aliphatic rings. The van der Waals surface area contributed by atoms with Crippen molar-refractivity contribution in [3.05, 3.63) is 45.3 Å². The zero-order valence-electron chi connectivity index (χ0n) is 9.92. The van der Waals surface area contributed by atoms with Gasteiger partial charge >= 0.3 is 0 Å². The Hall–Kier alpha value is -2.00. The molecule has 0 bridgehead atoms. The Morgan fingerprint density at radius 3 is 2.47 bits per heavy atom. The van der Waals surface area contributed by atoms with Gasteiger partial charge in [-0.3, -0.25) is 4.79 Å². The lowest BCUT2D eigenvalue weighted by Crippen LogP contribution is -2.52. The number of azide groups is 1. The average Bonchev–Trinajstić information content (AvgIpc) is 2.20. The largest absolute Gasteiger partial charge is 0.338 e. The third-order valence-electron chi connectivity index (χ3n) is 2.83. The lowest BCUT2D eigenvalue weighted by molar-refractivity contribution is 0.0608. The monoisotopic (exact) mass is 230 g/mol. The minimum absolute atomic E-state index is 0.0150. The van der Waals surface area contributed by atoms with E-state index in [2.05, 4.69) is 10.0 Å². The first-order chi connectivity index (χ1) is 8.10. The summed E-state index contributed by atoms with van der Waals surface area (Å²) in [7, 11) is 0. The number of hydrogen-bond donors (Lipinski definition) is 0. The summed E-state index contributed by atoms with van der Waals surface area (Å²) in [4.78, 5) is 16.5. The zero-order chi connectivity index (χ0) is 12.4. The number of hydrogen-bond acceptors (Lipinski definition) is 2. The van der Waals surface area contributed by atoms with E-state index >= 15 is 0 Å². The van der Waals surface area contributed by atoms with Gasteiger partial charge in [0.25, 0.3) is 5.91 Å². The predicted octanol–water partition coefficient (Wildman–Crippen LogP) is 2.44. The molecule has 5 nitrogen and oxygen atoms in total. The van der Waals surface area contributed by atoms with Crippen molar-refractivity contribution in [1.82, 2.24) is 4.90 Å². The quantitative estimate of drug-likeness (QED) is 0.437. The Balaban J connectivity index is 2.08. The Labute approximate surface area is 99.7 Å². The molecule has 1 aliphatic heterocycles. The van der Waals surface area contributed by atoms with Gasteiger partial charge in [0.1, 0.15) is 0 Å². The second-order valence-corrected chi connectivity index (χ2v) is 4.45. The minimum Gasteiger partial charge on any atom is -0.338 e. The van der Waals surface area contributed by atoms with E-state index in [-0.39, 0.29) is 11.9 Å². The molecule has 1 heterocycles. The van der Waals surface area contributed by atoms with Crippen LogP contribution >= 0.6 is 0 Å². The van der Waals surface area contributed by atoms with E-state index in [9.17, 15) is 4.79 Å². The molecule has 0 saturated carbocycles. The maximum atomic E-state index is 12.1. The molecule has 1 saturated heterocycles. The van der Waals surface area contributed by atoms with Crippen LogP contribution in [0.15, 0.2) is 23.3 Å². The van der Waals surface area contributed by atoms with Crippen molar-refractivity contribution < 1.29 is 4.79 Å². The number of benzene rings is 1. The van der Waals surface area contributed by atoms with Crippen molar-refractivity contribution in [1.29, 1.82) is 0 Å². The highest BCUT2D eigenvalue weighted by Crippen LogP contribution is 2.17. The van der Waals surface area contributed by atoms with Gasteiger partial charge in [-0.05, 0) is 31.5 Å². The number of nitrogens with zero attached hydrogens (tertiary/aromatic N) is 4. The van der Waals surface area contributed by atoms with Crippen LogP contribution in [0.4, 0.5) is 0 Å². The van der Waals surface area contributed by atoms with Crippen LogP contribution in [0.2, 0.25) is 0 Å². The van der Waals surface area contributed by atoms with Crippen molar-refractivity contribution >= 4 is 5.91 Å². The predicted molar refractivity (Wildman–Crippen MR) is 64.8 cm³/mol. The van der Waals surface area contributed by atoms with Crippen LogP contribution in [0, 0.1) is 13.8 Å². The van der Waals surface area contributed by atoms with Crippen LogP contribution < -0.4 is 0 Å². The Morgan fingerprint density at radius 2 is 1.94 bits per heavy atom. The summed E-state index contributed by atoms with van der Waals surface area (Å²) in [6.07, 6.45) is 0. The minimum atomic E-state index is -0.0603. The fraction of sp³-hybridized carbons (Fsp3) is 0.417. The molecular formula is C12H14N4O. The van der Waals surface area contributed by atoms with Crippen LogP contribution in [0.5, 0.6) is 0 Å². The summed E-state index contributed by atoms with van der Waals surface area (Å²) in [6, 6.07) is 5.75. The van der Waals surface area contributed by atoms with Gasteiger partial charge in [0.05, 0.1) is 6.04 Å². The Kier molecular flexibility index (Phi) is 3.02. The van der Waals surface area contributed by atoms with E-state index in [0.717, 1.165) is 11.1 Å². The molecule has 1 amide bonds. The fourth-order valence-corrected chi connectivity index (χ4v) is 2.05. The molecule has 88 valence electrons. The highest BCUT2D eigenvalue weighted by Gasteiger charge is 2.30. The number of carbonyl (C=O) groups excluding carboxylic acids is 1. The van der Waals surface area contributed by atoms with Crippen molar-refractivity contribution in [2.75, 3.05) is 13.1 Å². The lowest BCUT2D eigenvalue weighted by atomic mass is 10.0. The van der Waals surface area contributed by atoms with Crippen molar-refractivity contribution in [2.24, 2.45) is 5.11 Å². The van der Waals surface area contributed by atoms with Crippen molar-refractivity contribution in [3.8, 4) is 0 Å². The molecular weight excluding hydrogens is 216 g/mol. The second-order valence-electron chi connectivity index (χ2n) is 4.45. The van der Waals surface area contributed by atoms with Crippen LogP contribution in [-0.4, -0.2) is 29.9 Å². The first-order valence-electron chi connectivity index (χ1n) is 5.52. The zero-order valence-corrected chi connectivity index (χ0v) is 9.92. The number of carbonyl (C=O) groups is 1. The van der Waals surface area contributed by atoms with E-state index in [4.69, 9.17) is 5.53 Å². The molecule has 1 aromatic carbocycles. The number of amides is 1. The van der Waals surface area contributed by atoms with Gasteiger partial charge in [-0.2, -0.15) is 0 Å². The standard InChI is InChI=1S/C12H14N4O/c1-8-3-9(2)5-10(4-8)12(17)16-6-11(7-16)14-15-13/h3-5,11H,6-7H2,1-2H3. The van der Waals surface area contributed by atoms with Crippen LogP contribution in [-0.2, 0) is 0 Å². The van der Waals surface area contributed by atoms with Crippen LogP contribution in [0.3, 0.4) is 0 Å². The average molecular weight is 230 g/mol. The van der Waals surface area contributed by atoms with Crippen molar-refractivity contribution in [3.63, 3.8) is 0 Å². The first-order valence-corrected chi connectivity index (χ1v) is 5.52. The molecule has 0 spiro atoms. The summed E-state index contributed by atoms with van der Waals surface area (Å²) in [6.45, 7) is 5.00. The van der Waals surface area contributed by atoms with Crippen LogP contribution in [0.1, 0.15) is 21.5 Å². The van der Waals surface area contributed by atoms with E-state index < -0.39 is 0 Å². The Bertz CT molecular complexity index is 479. The first kappa shape index (κ1) is 11.5. The molecule has 0 N–H and O–H groups in total. The van der Waals surface area contributed by atoms with Crippen molar-refractivity contribution in [2.45, 2.75) is 19.9 Å². The fourth-order valence-electron chi connectivity index (χ4n) is 2.05. The Morgan fingerprint density at radius 1 is 1.35 bits per heavy atom. The third-order valence-corrected chi connectivity index (χ3v) is 2.83. The number of likely N-dealkylation sites (tertiary alicyclic amines) is 1. The molecule has 0 unspecified atom stereocenters. The van der Waals surface area contributed by atoms with Gasteiger partial charge in [0, 0.05) is 23.6 Å². The molecule has 1 fully saturated rings. The van der Waals surface area contributed by atoms with E-state index in [1.54, 1.807) is 4.90 Å². The van der Waals surface area contributed by atoms with Gasteiger partial charge < -0.3 is 4.90 Å². The summed E-state index contributed by atoms with van der Waals surface area (Å²) >= 11 is 0. The lowest BCUT2D eigenvalue weighted by Gasteiger charge is -2.36. The summed E-state index contributed by atoms with van der Waals surface area (Å²) < 4.78 is 0. The number of rotatable bonds is 2. The third kappa shape index (κ3) is 2.40. The molecule has 5 heteroatoms. The van der Waals surface area contributed by atoms with Gasteiger partial charge in [-0.25, -0.2) is 0 Å².